The number of hydrogen-bond donors (Lipinski definition) is 2. The standard InChI is InChI=1S/C18H20F2N2O2/c1-11(14-9-8-13(19)10-15(14)20)21-12(2)18(23)22-16-6-4-5-7-17(16)24-3/h4-12,21H,1-3H3,(H,22,23)/p+1/t11-,12-/m0/s1. The third kappa shape index (κ3) is 4.29. The third-order valence-electron chi connectivity index (χ3n) is 3.81. The largest absolute Gasteiger partial charge is 0.495 e. The molecule has 0 aliphatic rings. The van der Waals surface area contributed by atoms with Crippen LogP contribution in [0.5, 0.6) is 5.75 Å². The van der Waals surface area contributed by atoms with Gasteiger partial charge in [0.05, 0.1) is 12.8 Å². The highest BCUT2D eigenvalue weighted by atomic mass is 19.1. The number of nitrogens with one attached hydrogen (secondary N) is 1. The highest BCUT2D eigenvalue weighted by molar-refractivity contribution is 5.94. The fraction of sp³-hybridized carbons (Fsp3) is 0.278. The van der Waals surface area contributed by atoms with Crippen molar-refractivity contribution in [2.45, 2.75) is 25.9 Å². The molecule has 1 amide bonds. The Hall–Kier alpha value is -2.47. The normalized spacial score (nSPS) is 13.2. The Morgan fingerprint density at radius 2 is 1.88 bits per heavy atom. The molecule has 0 bridgehead atoms. The van der Waals surface area contributed by atoms with Crippen LogP contribution in [0.3, 0.4) is 0 Å². The lowest BCUT2D eigenvalue weighted by atomic mass is 10.1. The maximum atomic E-state index is 13.8. The average molecular weight is 335 g/mol. The molecule has 2 rings (SSSR count). The lowest BCUT2D eigenvalue weighted by Crippen LogP contribution is -2.91. The summed E-state index contributed by atoms with van der Waals surface area (Å²) in [5.41, 5.74) is 0.930. The summed E-state index contributed by atoms with van der Waals surface area (Å²) in [6.45, 7) is 3.49. The van der Waals surface area contributed by atoms with Gasteiger partial charge in [0.1, 0.15) is 23.4 Å². The van der Waals surface area contributed by atoms with Crippen molar-refractivity contribution in [2.24, 2.45) is 0 Å². The Morgan fingerprint density at radius 3 is 2.54 bits per heavy atom. The van der Waals surface area contributed by atoms with Gasteiger partial charge in [0.25, 0.3) is 5.91 Å². The molecule has 2 aromatic rings. The summed E-state index contributed by atoms with van der Waals surface area (Å²) < 4.78 is 32.0. The fourth-order valence-corrected chi connectivity index (χ4v) is 2.49. The molecule has 24 heavy (non-hydrogen) atoms. The molecule has 0 radical (unpaired) electrons. The number of hydrogen-bond acceptors (Lipinski definition) is 2. The van der Waals surface area contributed by atoms with E-state index in [0.29, 0.717) is 17.0 Å². The molecule has 2 atom stereocenters. The van der Waals surface area contributed by atoms with Gasteiger partial charge in [-0.2, -0.15) is 0 Å². The van der Waals surface area contributed by atoms with Crippen molar-refractivity contribution in [1.82, 2.24) is 0 Å². The summed E-state index contributed by atoms with van der Waals surface area (Å²) in [5, 5.41) is 4.52. The second-order valence-electron chi connectivity index (χ2n) is 5.63. The Labute approximate surface area is 139 Å². The van der Waals surface area contributed by atoms with Gasteiger partial charge in [0.2, 0.25) is 0 Å². The number of carbonyl (C=O) groups excluding carboxylic acids is 1. The van der Waals surface area contributed by atoms with Crippen LogP contribution < -0.4 is 15.4 Å². The summed E-state index contributed by atoms with van der Waals surface area (Å²) in [5.74, 6) is -0.897. The maximum Gasteiger partial charge on any atom is 0.282 e. The molecule has 128 valence electrons. The topological polar surface area (TPSA) is 54.9 Å². The summed E-state index contributed by atoms with van der Waals surface area (Å²) in [6, 6.07) is 9.76. The molecular formula is C18H21F2N2O2+. The van der Waals surface area contributed by atoms with Gasteiger partial charge in [-0.3, -0.25) is 4.79 Å². The van der Waals surface area contributed by atoms with Gasteiger partial charge < -0.3 is 15.4 Å². The molecule has 0 saturated carbocycles. The van der Waals surface area contributed by atoms with Crippen LogP contribution in [-0.4, -0.2) is 19.1 Å². The zero-order chi connectivity index (χ0) is 17.7. The molecule has 0 aliphatic heterocycles. The van der Waals surface area contributed by atoms with Crippen LogP contribution in [0.25, 0.3) is 0 Å². The Bertz CT molecular complexity index is 722. The van der Waals surface area contributed by atoms with E-state index in [1.165, 1.54) is 19.2 Å². The molecule has 0 unspecified atom stereocenters. The molecule has 0 fully saturated rings. The number of methoxy groups -OCH3 is 1. The van der Waals surface area contributed by atoms with E-state index in [0.717, 1.165) is 6.07 Å². The van der Waals surface area contributed by atoms with E-state index in [2.05, 4.69) is 5.32 Å². The highest BCUT2D eigenvalue weighted by Gasteiger charge is 2.23. The number of nitrogens with two attached hydrogens (primary N) is 1. The zero-order valence-electron chi connectivity index (χ0n) is 13.8. The number of rotatable bonds is 6. The number of ether oxygens (including phenoxy) is 1. The molecule has 3 N–H and O–H groups in total. The number of halogens is 2. The van der Waals surface area contributed by atoms with Gasteiger partial charge >= 0.3 is 0 Å². The number of anilines is 1. The Kier molecular flexibility index (Phi) is 5.87. The van der Waals surface area contributed by atoms with Gasteiger partial charge in [-0.1, -0.05) is 12.1 Å². The first-order chi connectivity index (χ1) is 11.4. The van der Waals surface area contributed by atoms with Crippen molar-refractivity contribution in [1.29, 1.82) is 0 Å². The fourth-order valence-electron chi connectivity index (χ4n) is 2.49. The predicted molar refractivity (Wildman–Crippen MR) is 87.8 cm³/mol. The predicted octanol–water partition coefficient (Wildman–Crippen LogP) is 2.63. The van der Waals surface area contributed by atoms with Crippen LogP contribution in [0.1, 0.15) is 25.5 Å². The SMILES string of the molecule is COc1ccccc1NC(=O)[C@H](C)[NH2+][C@@H](C)c1ccc(F)cc1F. The van der Waals surface area contributed by atoms with Crippen LogP contribution in [0.2, 0.25) is 0 Å². The molecule has 4 nitrogen and oxygen atoms in total. The smallest absolute Gasteiger partial charge is 0.282 e. The molecular weight excluding hydrogens is 314 g/mol. The minimum atomic E-state index is -0.620. The van der Waals surface area contributed by atoms with Crippen molar-refractivity contribution in [3.8, 4) is 5.75 Å². The van der Waals surface area contributed by atoms with Crippen LogP contribution in [-0.2, 0) is 4.79 Å². The summed E-state index contributed by atoms with van der Waals surface area (Å²) in [6.07, 6.45) is 0. The Balaban J connectivity index is 2.03. The molecule has 0 heterocycles. The molecule has 0 aliphatic carbocycles. The zero-order valence-corrected chi connectivity index (χ0v) is 13.8. The van der Waals surface area contributed by atoms with E-state index in [1.54, 1.807) is 37.4 Å². The number of amides is 1. The number of para-hydroxylation sites is 2. The third-order valence-corrected chi connectivity index (χ3v) is 3.81. The van der Waals surface area contributed by atoms with Gasteiger partial charge in [-0.05, 0) is 38.1 Å². The van der Waals surface area contributed by atoms with Crippen LogP contribution in [0.15, 0.2) is 42.5 Å². The van der Waals surface area contributed by atoms with E-state index < -0.39 is 17.7 Å². The molecule has 0 saturated heterocycles. The summed E-state index contributed by atoms with van der Waals surface area (Å²) in [4.78, 5) is 12.3. The van der Waals surface area contributed by atoms with E-state index in [4.69, 9.17) is 4.74 Å². The minimum Gasteiger partial charge on any atom is -0.495 e. The van der Waals surface area contributed by atoms with Crippen LogP contribution in [0.4, 0.5) is 14.5 Å². The van der Waals surface area contributed by atoms with Gasteiger partial charge in [0.15, 0.2) is 6.04 Å². The quantitative estimate of drug-likeness (QED) is 0.853. The van der Waals surface area contributed by atoms with E-state index in [1.807, 2.05) is 6.07 Å². The Morgan fingerprint density at radius 1 is 1.17 bits per heavy atom. The van der Waals surface area contributed by atoms with Gasteiger partial charge in [-0.25, -0.2) is 8.78 Å². The van der Waals surface area contributed by atoms with Crippen molar-refractivity contribution in [3.63, 3.8) is 0 Å². The lowest BCUT2D eigenvalue weighted by Gasteiger charge is -2.18. The maximum absolute atomic E-state index is 13.8. The number of quaternary nitrogens is 1. The van der Waals surface area contributed by atoms with Crippen LogP contribution in [0, 0.1) is 11.6 Å². The van der Waals surface area contributed by atoms with Crippen molar-refractivity contribution >= 4 is 11.6 Å². The van der Waals surface area contributed by atoms with Gasteiger partial charge in [0, 0.05) is 11.6 Å². The van der Waals surface area contributed by atoms with Crippen molar-refractivity contribution in [2.75, 3.05) is 12.4 Å². The first-order valence-electron chi connectivity index (χ1n) is 7.66. The lowest BCUT2D eigenvalue weighted by molar-refractivity contribution is -0.710. The van der Waals surface area contributed by atoms with Gasteiger partial charge in [-0.15, -0.1) is 0 Å². The molecule has 6 heteroatoms. The number of benzene rings is 2. The van der Waals surface area contributed by atoms with E-state index in [9.17, 15) is 13.6 Å². The number of carbonyl (C=O) groups is 1. The molecule has 0 spiro atoms. The molecule has 0 aromatic heterocycles. The first-order valence-corrected chi connectivity index (χ1v) is 7.66. The van der Waals surface area contributed by atoms with Crippen molar-refractivity contribution in [3.05, 3.63) is 59.7 Å². The average Bonchev–Trinajstić information content (AvgIpc) is 2.55. The summed E-state index contributed by atoms with van der Waals surface area (Å²) >= 11 is 0. The second-order valence-corrected chi connectivity index (χ2v) is 5.63. The molecule has 2 aromatic carbocycles. The van der Waals surface area contributed by atoms with E-state index >= 15 is 0 Å². The first kappa shape index (κ1) is 17.9. The van der Waals surface area contributed by atoms with Crippen molar-refractivity contribution < 1.29 is 23.6 Å². The highest BCUT2D eigenvalue weighted by Crippen LogP contribution is 2.23. The van der Waals surface area contributed by atoms with Crippen LogP contribution >= 0.6 is 0 Å². The minimum absolute atomic E-state index is 0.228. The second kappa shape index (κ2) is 7.88. The monoisotopic (exact) mass is 335 g/mol. The van der Waals surface area contributed by atoms with E-state index in [-0.39, 0.29) is 11.9 Å². The summed E-state index contributed by atoms with van der Waals surface area (Å²) in [7, 11) is 1.53.